The molecule has 0 saturated carbocycles. The van der Waals surface area contributed by atoms with Gasteiger partial charge in [0.1, 0.15) is 0 Å². The van der Waals surface area contributed by atoms with E-state index >= 15 is 0 Å². The van der Waals surface area contributed by atoms with E-state index in [4.69, 9.17) is 11.0 Å². The number of hydrogen-bond donors (Lipinski definition) is 1. The second kappa shape index (κ2) is 4.21. The van der Waals surface area contributed by atoms with E-state index in [9.17, 15) is 8.78 Å². The number of nitrogen functional groups attached to an aromatic ring is 1. The van der Waals surface area contributed by atoms with Crippen LogP contribution in [0.5, 0.6) is 0 Å². The number of hydrogen-bond acceptors (Lipinski definition) is 3. The van der Waals surface area contributed by atoms with Gasteiger partial charge in [0.25, 0.3) is 5.92 Å². The molecule has 1 aliphatic rings. The predicted octanol–water partition coefficient (Wildman–Crippen LogP) is 2.38. The molecule has 1 aromatic rings. The molecule has 1 aliphatic heterocycles. The van der Waals surface area contributed by atoms with Crippen molar-refractivity contribution in [3.8, 4) is 6.07 Å². The van der Waals surface area contributed by atoms with Gasteiger partial charge in [-0.1, -0.05) is 0 Å². The van der Waals surface area contributed by atoms with E-state index in [1.165, 1.54) is 0 Å². The van der Waals surface area contributed by atoms with Gasteiger partial charge in [0.05, 0.1) is 11.6 Å². The molecule has 0 atom stereocenters. The average molecular weight is 237 g/mol. The van der Waals surface area contributed by atoms with Crippen LogP contribution in [0, 0.1) is 11.3 Å². The van der Waals surface area contributed by atoms with Crippen molar-refractivity contribution in [3.63, 3.8) is 0 Å². The van der Waals surface area contributed by atoms with Crippen LogP contribution in [0.1, 0.15) is 18.4 Å². The Bertz CT molecular complexity index is 455. The zero-order valence-corrected chi connectivity index (χ0v) is 9.29. The molecule has 0 amide bonds. The maximum Gasteiger partial charge on any atom is 0.251 e. The Kier molecular flexibility index (Phi) is 2.88. The molecule has 2 N–H and O–H groups in total. The molecule has 0 unspecified atom stereocenters. The summed E-state index contributed by atoms with van der Waals surface area (Å²) in [4.78, 5) is 1.84. The first-order chi connectivity index (χ1) is 8.00. The lowest BCUT2D eigenvalue weighted by Gasteiger charge is -2.33. The van der Waals surface area contributed by atoms with Gasteiger partial charge in [0.15, 0.2) is 0 Å². The number of halogens is 2. The summed E-state index contributed by atoms with van der Waals surface area (Å²) in [6, 6.07) is 6.97. The molecule has 0 spiro atoms. The van der Waals surface area contributed by atoms with Gasteiger partial charge >= 0.3 is 0 Å². The topological polar surface area (TPSA) is 53.1 Å². The molecular weight excluding hydrogens is 224 g/mol. The van der Waals surface area contributed by atoms with Crippen LogP contribution >= 0.6 is 0 Å². The van der Waals surface area contributed by atoms with Crippen LogP contribution in [0.15, 0.2) is 18.2 Å². The molecule has 2 rings (SSSR count). The van der Waals surface area contributed by atoms with Gasteiger partial charge in [-0.15, -0.1) is 0 Å². The van der Waals surface area contributed by atoms with E-state index in [1.54, 1.807) is 18.2 Å². The van der Waals surface area contributed by atoms with Crippen molar-refractivity contribution in [2.45, 2.75) is 18.8 Å². The smallest absolute Gasteiger partial charge is 0.251 e. The van der Waals surface area contributed by atoms with Crippen molar-refractivity contribution in [2.24, 2.45) is 0 Å². The zero-order chi connectivity index (χ0) is 12.5. The molecule has 1 aromatic carbocycles. The van der Waals surface area contributed by atoms with Gasteiger partial charge in [-0.05, 0) is 18.2 Å². The van der Waals surface area contributed by atoms with Crippen molar-refractivity contribution in [1.29, 1.82) is 5.26 Å². The SMILES string of the molecule is N#Cc1cc(N)cc(N2CCC(F)(F)CC2)c1. The molecule has 90 valence electrons. The third-order valence-electron chi connectivity index (χ3n) is 2.93. The lowest BCUT2D eigenvalue weighted by atomic mass is 10.1. The van der Waals surface area contributed by atoms with Crippen LogP contribution in [0.3, 0.4) is 0 Å². The van der Waals surface area contributed by atoms with Gasteiger partial charge in [-0.2, -0.15) is 5.26 Å². The molecule has 0 bridgehead atoms. The fourth-order valence-electron chi connectivity index (χ4n) is 1.97. The number of anilines is 2. The Morgan fingerprint density at radius 1 is 1.24 bits per heavy atom. The first-order valence-electron chi connectivity index (χ1n) is 5.44. The third-order valence-corrected chi connectivity index (χ3v) is 2.93. The van der Waals surface area contributed by atoms with Crippen molar-refractivity contribution >= 4 is 11.4 Å². The largest absolute Gasteiger partial charge is 0.399 e. The number of alkyl halides is 2. The van der Waals surface area contributed by atoms with E-state index in [0.717, 1.165) is 5.69 Å². The van der Waals surface area contributed by atoms with E-state index in [-0.39, 0.29) is 12.8 Å². The first kappa shape index (κ1) is 11.6. The highest BCUT2D eigenvalue weighted by molar-refractivity contribution is 5.61. The van der Waals surface area contributed by atoms with Gasteiger partial charge in [-0.25, -0.2) is 8.78 Å². The van der Waals surface area contributed by atoms with Gasteiger partial charge in [-0.3, -0.25) is 0 Å². The Morgan fingerprint density at radius 2 is 1.88 bits per heavy atom. The molecule has 0 aliphatic carbocycles. The number of nitriles is 1. The van der Waals surface area contributed by atoms with Crippen LogP contribution in [0.2, 0.25) is 0 Å². The Morgan fingerprint density at radius 3 is 2.47 bits per heavy atom. The lowest BCUT2D eigenvalue weighted by Crippen LogP contribution is -2.39. The summed E-state index contributed by atoms with van der Waals surface area (Å²) >= 11 is 0. The molecule has 1 saturated heterocycles. The minimum atomic E-state index is -2.56. The molecule has 0 aromatic heterocycles. The maximum atomic E-state index is 13.0. The number of piperidine rings is 1. The third kappa shape index (κ3) is 2.64. The standard InChI is InChI=1S/C12H13F2N3/c13-12(14)1-3-17(4-2-12)11-6-9(8-15)5-10(16)7-11/h5-7H,1-4,16H2. The highest BCUT2D eigenvalue weighted by Gasteiger charge is 2.34. The molecule has 1 heterocycles. The van der Waals surface area contributed by atoms with Gasteiger partial charge in [0.2, 0.25) is 0 Å². The van der Waals surface area contributed by atoms with Crippen LogP contribution in [-0.2, 0) is 0 Å². The fourth-order valence-corrected chi connectivity index (χ4v) is 1.97. The van der Waals surface area contributed by atoms with Crippen LogP contribution in [0.25, 0.3) is 0 Å². The summed E-state index contributed by atoms with van der Waals surface area (Å²) < 4.78 is 26.0. The molecule has 1 fully saturated rings. The lowest BCUT2D eigenvalue weighted by molar-refractivity contribution is -0.0220. The predicted molar refractivity (Wildman–Crippen MR) is 62.0 cm³/mol. The van der Waals surface area contributed by atoms with Crippen molar-refractivity contribution < 1.29 is 8.78 Å². The summed E-state index contributed by atoms with van der Waals surface area (Å²) in [6.07, 6.45) is -0.298. The first-order valence-corrected chi connectivity index (χ1v) is 5.44. The molecule has 5 heteroatoms. The Labute approximate surface area is 98.4 Å². The average Bonchev–Trinajstić information content (AvgIpc) is 2.28. The molecule has 17 heavy (non-hydrogen) atoms. The summed E-state index contributed by atoms with van der Waals surface area (Å²) in [5, 5.41) is 8.82. The monoisotopic (exact) mass is 237 g/mol. The second-order valence-electron chi connectivity index (χ2n) is 4.27. The highest BCUT2D eigenvalue weighted by Crippen LogP contribution is 2.31. The van der Waals surface area contributed by atoms with Crippen LogP contribution in [-0.4, -0.2) is 19.0 Å². The van der Waals surface area contributed by atoms with Crippen molar-refractivity contribution in [1.82, 2.24) is 0 Å². The summed E-state index contributed by atoms with van der Waals surface area (Å²) in [6.45, 7) is 0.586. The van der Waals surface area contributed by atoms with Gasteiger partial charge in [0, 0.05) is 37.3 Å². The minimum absolute atomic E-state index is 0.149. The quantitative estimate of drug-likeness (QED) is 0.763. The fraction of sp³-hybridized carbons (Fsp3) is 0.417. The highest BCUT2D eigenvalue weighted by atomic mass is 19.3. The molecule has 3 nitrogen and oxygen atoms in total. The number of nitrogens with two attached hydrogens (primary N) is 1. The van der Waals surface area contributed by atoms with Crippen molar-refractivity contribution in [3.05, 3.63) is 23.8 Å². The van der Waals surface area contributed by atoms with Crippen molar-refractivity contribution in [2.75, 3.05) is 23.7 Å². The minimum Gasteiger partial charge on any atom is -0.399 e. The van der Waals surface area contributed by atoms with Crippen LogP contribution in [0.4, 0.5) is 20.2 Å². The summed E-state index contributed by atoms with van der Waals surface area (Å²) in [5.74, 6) is -2.56. The normalized spacial score (nSPS) is 18.8. The molecule has 0 radical (unpaired) electrons. The van der Waals surface area contributed by atoms with E-state index in [0.29, 0.717) is 24.3 Å². The van der Waals surface area contributed by atoms with Gasteiger partial charge < -0.3 is 10.6 Å². The Balaban J connectivity index is 2.19. The van der Waals surface area contributed by atoms with E-state index in [2.05, 4.69) is 0 Å². The van der Waals surface area contributed by atoms with E-state index < -0.39 is 5.92 Å². The van der Waals surface area contributed by atoms with E-state index in [1.807, 2.05) is 11.0 Å². The number of nitrogens with zero attached hydrogens (tertiary/aromatic N) is 2. The zero-order valence-electron chi connectivity index (χ0n) is 9.29. The summed E-state index contributed by atoms with van der Waals surface area (Å²) in [7, 11) is 0. The summed E-state index contributed by atoms with van der Waals surface area (Å²) in [5.41, 5.74) is 7.35. The molecular formula is C12H13F2N3. The number of rotatable bonds is 1. The second-order valence-corrected chi connectivity index (χ2v) is 4.27. The van der Waals surface area contributed by atoms with Crippen LogP contribution < -0.4 is 10.6 Å². The maximum absolute atomic E-state index is 13.0. The number of benzene rings is 1. The Hall–Kier alpha value is -1.83.